The Kier molecular flexibility index (Phi) is 7.78. The van der Waals surface area contributed by atoms with E-state index in [0.717, 1.165) is 0 Å². The number of hydrogen-bond donors (Lipinski definition) is 4. The summed E-state index contributed by atoms with van der Waals surface area (Å²) in [7, 11) is 0. The number of pyridine rings is 1. The molecule has 5 N–H and O–H groups in total. The normalized spacial score (nSPS) is 11.2. The van der Waals surface area contributed by atoms with Gasteiger partial charge in [-0.2, -0.15) is 0 Å². The van der Waals surface area contributed by atoms with E-state index in [1.165, 1.54) is 12.3 Å². The summed E-state index contributed by atoms with van der Waals surface area (Å²) in [4.78, 5) is 42.9. The van der Waals surface area contributed by atoms with E-state index in [4.69, 9.17) is 5.73 Å². The van der Waals surface area contributed by atoms with Gasteiger partial charge in [0.1, 0.15) is 5.65 Å². The number of carbonyl (C=O) groups is 1. The number of amides is 1. The van der Waals surface area contributed by atoms with Gasteiger partial charge >= 0.3 is 5.69 Å². The maximum Gasteiger partial charge on any atom is 0.327 e. The second-order valence-corrected chi connectivity index (χ2v) is 4.55. The summed E-state index contributed by atoms with van der Waals surface area (Å²) in [5.74, 6) is -0.342. The highest BCUT2D eigenvalue weighted by molar-refractivity contribution is 5.96. The Labute approximate surface area is 137 Å². The van der Waals surface area contributed by atoms with Gasteiger partial charge in [0.25, 0.3) is 11.5 Å². The molecule has 1 unspecified atom stereocenters. The number of nitrogens with one attached hydrogen (secondary N) is 3. The fraction of sp³-hybridized carbons (Fsp3) is 0.333. The molecule has 10 heteroatoms. The molecule has 2 heterocycles. The van der Waals surface area contributed by atoms with Crippen LogP contribution in [0.2, 0.25) is 0 Å². The Hall–Kier alpha value is -1.90. The van der Waals surface area contributed by atoms with E-state index in [1.54, 1.807) is 0 Å². The first kappa shape index (κ1) is 20.1. The molecule has 2 aromatic rings. The molecule has 122 valence electrons. The van der Waals surface area contributed by atoms with Crippen LogP contribution in [0.1, 0.15) is 23.7 Å². The van der Waals surface area contributed by atoms with E-state index >= 15 is 0 Å². The van der Waals surface area contributed by atoms with Crippen LogP contribution in [0.4, 0.5) is 0 Å². The Bertz CT molecular complexity index is 756. The van der Waals surface area contributed by atoms with Crippen LogP contribution < -0.4 is 22.3 Å². The number of aromatic nitrogens is 3. The largest absolute Gasteiger partial charge is 0.352 e. The van der Waals surface area contributed by atoms with Crippen molar-refractivity contribution in [1.29, 1.82) is 0 Å². The van der Waals surface area contributed by atoms with Gasteiger partial charge in [-0.05, 0) is 19.4 Å². The molecule has 8 nitrogen and oxygen atoms in total. The fourth-order valence-corrected chi connectivity index (χ4v) is 1.69. The SMILES string of the molecule is CC(N)CCNC(=O)c1cnc2[nH]c(=O)[nH]c(=O)c2c1.Cl.Cl. The molecule has 0 aromatic carbocycles. The van der Waals surface area contributed by atoms with Gasteiger partial charge in [-0.1, -0.05) is 0 Å². The van der Waals surface area contributed by atoms with Crippen LogP contribution >= 0.6 is 24.8 Å². The molecule has 0 radical (unpaired) electrons. The Morgan fingerprint density at radius 1 is 1.36 bits per heavy atom. The van der Waals surface area contributed by atoms with Crippen LogP contribution in [0.5, 0.6) is 0 Å². The smallest absolute Gasteiger partial charge is 0.327 e. The molecular formula is C12H17Cl2N5O3. The molecule has 2 rings (SSSR count). The summed E-state index contributed by atoms with van der Waals surface area (Å²) in [5.41, 5.74) is 4.76. The van der Waals surface area contributed by atoms with Crippen LogP contribution in [-0.4, -0.2) is 33.4 Å². The van der Waals surface area contributed by atoms with Gasteiger partial charge in [0.2, 0.25) is 0 Å². The number of nitrogens with two attached hydrogens (primary N) is 1. The van der Waals surface area contributed by atoms with Crippen molar-refractivity contribution in [2.24, 2.45) is 5.73 Å². The third kappa shape index (κ3) is 4.83. The lowest BCUT2D eigenvalue weighted by Gasteiger charge is -2.07. The van der Waals surface area contributed by atoms with E-state index in [1.807, 2.05) is 6.92 Å². The fourth-order valence-electron chi connectivity index (χ4n) is 1.69. The lowest BCUT2D eigenvalue weighted by molar-refractivity contribution is 0.0952. The van der Waals surface area contributed by atoms with Crippen LogP contribution in [0.3, 0.4) is 0 Å². The second-order valence-electron chi connectivity index (χ2n) is 4.55. The first-order valence-corrected chi connectivity index (χ1v) is 6.13. The first-order valence-electron chi connectivity index (χ1n) is 6.13. The molecule has 0 fully saturated rings. The van der Waals surface area contributed by atoms with E-state index in [0.29, 0.717) is 13.0 Å². The predicted octanol–water partition coefficient (Wildman–Crippen LogP) is -0.0779. The summed E-state index contributed by atoms with van der Waals surface area (Å²) in [5, 5.41) is 2.84. The monoisotopic (exact) mass is 349 g/mol. The average molecular weight is 350 g/mol. The molecule has 0 bridgehead atoms. The molecule has 1 atom stereocenters. The third-order valence-corrected chi connectivity index (χ3v) is 2.74. The standard InChI is InChI=1S/C12H15N5O3.2ClH/c1-6(13)2-3-14-10(18)7-4-8-9(15-5-7)16-12(20)17-11(8)19;;/h4-6H,2-3,13H2,1H3,(H,14,18)(H2,15,16,17,19,20);2*1H. The minimum atomic E-state index is -0.635. The maximum absolute atomic E-state index is 11.9. The van der Waals surface area contributed by atoms with Crippen molar-refractivity contribution in [3.8, 4) is 0 Å². The minimum absolute atomic E-state index is 0. The lowest BCUT2D eigenvalue weighted by atomic mass is 10.2. The highest BCUT2D eigenvalue weighted by atomic mass is 35.5. The molecule has 0 saturated heterocycles. The third-order valence-electron chi connectivity index (χ3n) is 2.74. The summed E-state index contributed by atoms with van der Waals surface area (Å²) in [6, 6.07) is 1.39. The van der Waals surface area contributed by atoms with Crippen molar-refractivity contribution in [3.63, 3.8) is 0 Å². The van der Waals surface area contributed by atoms with Crippen LogP contribution in [0.25, 0.3) is 11.0 Å². The van der Waals surface area contributed by atoms with Gasteiger partial charge in [-0.3, -0.25) is 19.6 Å². The molecule has 0 spiro atoms. The van der Waals surface area contributed by atoms with Crippen molar-refractivity contribution in [1.82, 2.24) is 20.3 Å². The van der Waals surface area contributed by atoms with Gasteiger partial charge in [-0.25, -0.2) is 9.78 Å². The van der Waals surface area contributed by atoms with Crippen molar-refractivity contribution in [3.05, 3.63) is 38.7 Å². The zero-order valence-corrected chi connectivity index (χ0v) is 13.3. The predicted molar refractivity (Wildman–Crippen MR) is 88.1 cm³/mol. The van der Waals surface area contributed by atoms with Crippen molar-refractivity contribution < 1.29 is 4.79 Å². The zero-order valence-electron chi connectivity index (χ0n) is 11.7. The van der Waals surface area contributed by atoms with E-state index in [2.05, 4.69) is 20.3 Å². The van der Waals surface area contributed by atoms with Crippen LogP contribution in [0.15, 0.2) is 21.9 Å². The first-order chi connectivity index (χ1) is 9.47. The molecule has 0 aliphatic carbocycles. The van der Waals surface area contributed by atoms with Crippen molar-refractivity contribution >= 4 is 41.8 Å². The maximum atomic E-state index is 11.9. The molecule has 0 aliphatic rings. The van der Waals surface area contributed by atoms with E-state index in [9.17, 15) is 14.4 Å². The number of aromatic amines is 2. The number of H-pyrrole nitrogens is 2. The average Bonchev–Trinajstić information content (AvgIpc) is 2.37. The molecule has 0 saturated carbocycles. The molecule has 0 aliphatic heterocycles. The number of carbonyl (C=O) groups excluding carboxylic acids is 1. The highest BCUT2D eigenvalue weighted by Gasteiger charge is 2.09. The number of fused-ring (bicyclic) bond motifs is 1. The highest BCUT2D eigenvalue weighted by Crippen LogP contribution is 2.05. The molecule has 2 aromatic heterocycles. The molecular weight excluding hydrogens is 333 g/mol. The van der Waals surface area contributed by atoms with Gasteiger partial charge in [0, 0.05) is 18.8 Å². The summed E-state index contributed by atoms with van der Waals surface area (Å²) < 4.78 is 0. The number of hydrogen-bond acceptors (Lipinski definition) is 5. The molecule has 22 heavy (non-hydrogen) atoms. The summed E-state index contributed by atoms with van der Waals surface area (Å²) in [6.45, 7) is 2.29. The Balaban J connectivity index is 0.00000220. The van der Waals surface area contributed by atoms with Gasteiger partial charge in [0.15, 0.2) is 0 Å². The van der Waals surface area contributed by atoms with Crippen molar-refractivity contribution in [2.45, 2.75) is 19.4 Å². The van der Waals surface area contributed by atoms with Crippen LogP contribution in [-0.2, 0) is 0 Å². The quantitative estimate of drug-likeness (QED) is 0.612. The van der Waals surface area contributed by atoms with Gasteiger partial charge < -0.3 is 11.1 Å². The van der Waals surface area contributed by atoms with Crippen molar-refractivity contribution in [2.75, 3.05) is 6.54 Å². The number of halogens is 2. The van der Waals surface area contributed by atoms with Crippen LogP contribution in [0, 0.1) is 0 Å². The summed E-state index contributed by atoms with van der Waals surface area (Å²) >= 11 is 0. The zero-order chi connectivity index (χ0) is 14.7. The lowest BCUT2D eigenvalue weighted by Crippen LogP contribution is -2.29. The topological polar surface area (TPSA) is 134 Å². The second kappa shape index (κ2) is 8.52. The van der Waals surface area contributed by atoms with E-state index in [-0.39, 0.29) is 53.4 Å². The number of nitrogens with zero attached hydrogens (tertiary/aromatic N) is 1. The number of rotatable bonds is 4. The molecule has 1 amide bonds. The summed E-state index contributed by atoms with van der Waals surface area (Å²) in [6.07, 6.45) is 1.96. The Morgan fingerprint density at radius 3 is 2.68 bits per heavy atom. The van der Waals surface area contributed by atoms with Gasteiger partial charge in [0.05, 0.1) is 10.9 Å². The van der Waals surface area contributed by atoms with E-state index < -0.39 is 11.2 Å². The Morgan fingerprint density at radius 2 is 2.05 bits per heavy atom. The minimum Gasteiger partial charge on any atom is -0.352 e. The van der Waals surface area contributed by atoms with Gasteiger partial charge in [-0.15, -0.1) is 24.8 Å².